The van der Waals surface area contributed by atoms with Crippen molar-refractivity contribution < 1.29 is 0 Å². The highest BCUT2D eigenvalue weighted by atomic mass is 32.1. The minimum atomic E-state index is 0.214. The van der Waals surface area contributed by atoms with Crippen molar-refractivity contribution in [3.05, 3.63) is 17.1 Å². The Morgan fingerprint density at radius 3 is 3.00 bits per heavy atom. The summed E-state index contributed by atoms with van der Waals surface area (Å²) in [4.78, 5) is 0. The van der Waals surface area contributed by atoms with Gasteiger partial charge < -0.3 is 5.73 Å². The molecule has 0 spiro atoms. The van der Waals surface area contributed by atoms with Crippen LogP contribution in [0.1, 0.15) is 24.6 Å². The Bertz CT molecular complexity index is 203. The van der Waals surface area contributed by atoms with E-state index in [-0.39, 0.29) is 6.04 Å². The molecule has 1 atom stereocenters. The van der Waals surface area contributed by atoms with Crippen LogP contribution in [0.5, 0.6) is 0 Å². The summed E-state index contributed by atoms with van der Waals surface area (Å²) in [5.74, 6) is 0.724. The third kappa shape index (κ3) is 1.07. The highest BCUT2D eigenvalue weighted by Gasteiger charge is 2.30. The minimum Gasteiger partial charge on any atom is -0.322 e. The second kappa shape index (κ2) is 2.32. The minimum absolute atomic E-state index is 0.214. The van der Waals surface area contributed by atoms with E-state index in [0.717, 1.165) is 11.6 Å². The molecule has 3 heteroatoms. The predicted octanol–water partition coefficient (Wildman–Crippen LogP) is 1.55. The number of nitrogens with two attached hydrogens (primary N) is 1. The molecule has 2 rings (SSSR count). The van der Waals surface area contributed by atoms with Crippen LogP contribution in [-0.4, -0.2) is 4.37 Å². The Kier molecular flexibility index (Phi) is 1.47. The van der Waals surface area contributed by atoms with Gasteiger partial charge >= 0.3 is 0 Å². The standard InChI is InChI=1S/C7H10N2S/c8-7(5-1-2-5)6-3-4-10-9-6/h3-5,7H,1-2,8H2. The van der Waals surface area contributed by atoms with Crippen LogP contribution in [-0.2, 0) is 0 Å². The molecule has 54 valence electrons. The Balaban J connectivity index is 2.11. The first-order valence-electron chi connectivity index (χ1n) is 3.54. The van der Waals surface area contributed by atoms with Crippen molar-refractivity contribution in [3.8, 4) is 0 Å². The topological polar surface area (TPSA) is 38.9 Å². The van der Waals surface area contributed by atoms with E-state index in [9.17, 15) is 0 Å². The number of nitrogens with zero attached hydrogens (tertiary/aromatic N) is 1. The van der Waals surface area contributed by atoms with Crippen molar-refractivity contribution in [3.63, 3.8) is 0 Å². The van der Waals surface area contributed by atoms with Crippen LogP contribution in [0.2, 0.25) is 0 Å². The molecular formula is C7H10N2S. The zero-order chi connectivity index (χ0) is 6.97. The van der Waals surface area contributed by atoms with Crippen LogP contribution in [0.15, 0.2) is 11.4 Å². The lowest BCUT2D eigenvalue weighted by molar-refractivity contribution is 0.621. The van der Waals surface area contributed by atoms with Crippen molar-refractivity contribution in [2.75, 3.05) is 0 Å². The van der Waals surface area contributed by atoms with Crippen LogP contribution < -0.4 is 5.73 Å². The van der Waals surface area contributed by atoms with Crippen LogP contribution in [0.3, 0.4) is 0 Å². The normalized spacial score (nSPS) is 20.9. The summed E-state index contributed by atoms with van der Waals surface area (Å²) < 4.78 is 4.19. The number of hydrogen-bond donors (Lipinski definition) is 1. The van der Waals surface area contributed by atoms with Gasteiger partial charge in [-0.1, -0.05) is 0 Å². The quantitative estimate of drug-likeness (QED) is 0.702. The SMILES string of the molecule is NC(c1ccsn1)C1CC1. The average molecular weight is 154 g/mol. The molecule has 1 saturated carbocycles. The molecule has 1 unspecified atom stereocenters. The van der Waals surface area contributed by atoms with E-state index in [2.05, 4.69) is 4.37 Å². The summed E-state index contributed by atoms with van der Waals surface area (Å²) in [6, 6.07) is 2.24. The highest BCUT2D eigenvalue weighted by Crippen LogP contribution is 2.38. The van der Waals surface area contributed by atoms with Gasteiger partial charge in [0.05, 0.1) is 11.7 Å². The molecule has 2 nitrogen and oxygen atoms in total. The Labute approximate surface area is 64.2 Å². The molecule has 1 aliphatic carbocycles. The maximum Gasteiger partial charge on any atom is 0.0712 e. The third-order valence-corrected chi connectivity index (χ3v) is 2.50. The fraction of sp³-hybridized carbons (Fsp3) is 0.571. The molecule has 2 N–H and O–H groups in total. The van der Waals surface area contributed by atoms with Crippen LogP contribution in [0.4, 0.5) is 0 Å². The molecule has 0 aromatic carbocycles. The van der Waals surface area contributed by atoms with E-state index in [4.69, 9.17) is 5.73 Å². The highest BCUT2D eigenvalue weighted by molar-refractivity contribution is 7.03. The van der Waals surface area contributed by atoms with Gasteiger partial charge in [-0.25, -0.2) is 0 Å². The Morgan fingerprint density at radius 2 is 2.50 bits per heavy atom. The number of rotatable bonds is 2. The predicted molar refractivity (Wildman–Crippen MR) is 41.8 cm³/mol. The smallest absolute Gasteiger partial charge is 0.0712 e. The number of aromatic nitrogens is 1. The Hall–Kier alpha value is -0.410. The summed E-state index contributed by atoms with van der Waals surface area (Å²) in [6.45, 7) is 0. The first kappa shape index (κ1) is 6.31. The van der Waals surface area contributed by atoms with Crippen molar-refractivity contribution in [1.82, 2.24) is 4.37 Å². The van der Waals surface area contributed by atoms with E-state index < -0.39 is 0 Å². The van der Waals surface area contributed by atoms with Gasteiger partial charge in [0.2, 0.25) is 0 Å². The van der Waals surface area contributed by atoms with Crippen molar-refractivity contribution in [2.24, 2.45) is 11.7 Å². The summed E-state index contributed by atoms with van der Waals surface area (Å²) in [5.41, 5.74) is 6.97. The van der Waals surface area contributed by atoms with Gasteiger partial charge in [-0.2, -0.15) is 4.37 Å². The monoisotopic (exact) mass is 154 g/mol. The van der Waals surface area contributed by atoms with E-state index in [1.807, 2.05) is 11.4 Å². The molecule has 0 amide bonds. The molecule has 0 aliphatic heterocycles. The molecule has 0 radical (unpaired) electrons. The zero-order valence-corrected chi connectivity index (χ0v) is 6.47. The summed E-state index contributed by atoms with van der Waals surface area (Å²) in [5, 5.41) is 1.98. The van der Waals surface area contributed by atoms with Gasteiger partial charge in [-0.3, -0.25) is 0 Å². The molecule has 10 heavy (non-hydrogen) atoms. The van der Waals surface area contributed by atoms with Gasteiger partial charge in [0, 0.05) is 5.38 Å². The van der Waals surface area contributed by atoms with Gasteiger partial charge in [-0.05, 0) is 36.4 Å². The summed E-state index contributed by atoms with van der Waals surface area (Å²) >= 11 is 1.48. The van der Waals surface area contributed by atoms with Crippen molar-refractivity contribution in [1.29, 1.82) is 0 Å². The second-order valence-corrected chi connectivity index (χ2v) is 3.45. The van der Waals surface area contributed by atoms with Gasteiger partial charge in [0.1, 0.15) is 0 Å². The lowest BCUT2D eigenvalue weighted by Crippen LogP contribution is -2.12. The van der Waals surface area contributed by atoms with Crippen LogP contribution in [0, 0.1) is 5.92 Å². The van der Waals surface area contributed by atoms with Gasteiger partial charge in [0.25, 0.3) is 0 Å². The van der Waals surface area contributed by atoms with Crippen molar-refractivity contribution in [2.45, 2.75) is 18.9 Å². The molecule has 0 saturated heterocycles. The van der Waals surface area contributed by atoms with E-state index in [1.54, 1.807) is 0 Å². The molecule has 1 aromatic rings. The second-order valence-electron chi connectivity index (χ2n) is 2.79. The first-order chi connectivity index (χ1) is 4.88. The van der Waals surface area contributed by atoms with Crippen molar-refractivity contribution >= 4 is 11.5 Å². The first-order valence-corrected chi connectivity index (χ1v) is 4.37. The van der Waals surface area contributed by atoms with Crippen LogP contribution >= 0.6 is 11.5 Å². The maximum absolute atomic E-state index is 5.89. The van der Waals surface area contributed by atoms with E-state index in [1.165, 1.54) is 24.4 Å². The van der Waals surface area contributed by atoms with Gasteiger partial charge in [-0.15, -0.1) is 0 Å². The molecule has 1 fully saturated rings. The largest absolute Gasteiger partial charge is 0.322 e. The fourth-order valence-corrected chi connectivity index (χ4v) is 1.66. The molecule has 0 bridgehead atoms. The molecular weight excluding hydrogens is 144 g/mol. The van der Waals surface area contributed by atoms with Gasteiger partial charge in [0.15, 0.2) is 0 Å². The maximum atomic E-state index is 5.89. The molecule has 1 aromatic heterocycles. The molecule has 1 heterocycles. The van der Waals surface area contributed by atoms with Crippen LogP contribution in [0.25, 0.3) is 0 Å². The van der Waals surface area contributed by atoms with E-state index >= 15 is 0 Å². The molecule has 1 aliphatic rings. The lowest BCUT2D eigenvalue weighted by atomic mass is 10.1. The van der Waals surface area contributed by atoms with E-state index in [0.29, 0.717) is 0 Å². The summed E-state index contributed by atoms with van der Waals surface area (Å²) in [6.07, 6.45) is 2.58. The fourth-order valence-electron chi connectivity index (χ4n) is 1.09. The lowest BCUT2D eigenvalue weighted by Gasteiger charge is -2.03. The number of hydrogen-bond acceptors (Lipinski definition) is 3. The zero-order valence-electron chi connectivity index (χ0n) is 5.66. The average Bonchev–Trinajstić information content (AvgIpc) is 2.65. The third-order valence-electron chi connectivity index (χ3n) is 1.93. The Morgan fingerprint density at radius 1 is 1.70 bits per heavy atom. The summed E-state index contributed by atoms with van der Waals surface area (Å²) in [7, 11) is 0.